The number of nitrogens with one attached hydrogen (secondary N) is 1. The minimum Gasteiger partial charge on any atom is -0.474 e. The van der Waals surface area contributed by atoms with Crippen LogP contribution in [0.5, 0.6) is 5.75 Å². The van der Waals surface area contributed by atoms with Gasteiger partial charge < -0.3 is 10.1 Å². The minimum absolute atomic E-state index is 0.0225. The van der Waals surface area contributed by atoms with Gasteiger partial charge in [0.05, 0.1) is 15.0 Å². The molecule has 0 aliphatic heterocycles. The molecule has 1 N–H and O–H groups in total. The van der Waals surface area contributed by atoms with Crippen molar-refractivity contribution in [1.82, 2.24) is 0 Å². The van der Waals surface area contributed by atoms with Crippen molar-refractivity contribution in [3.63, 3.8) is 0 Å². The molecule has 2 rings (SSSR count). The fourth-order valence-electron chi connectivity index (χ4n) is 1.77. The summed E-state index contributed by atoms with van der Waals surface area (Å²) < 4.78 is 5.38. The van der Waals surface area contributed by atoms with Crippen molar-refractivity contribution >= 4 is 40.5 Å². The minimum atomic E-state index is -0.939. The molecule has 8 heteroatoms. The van der Waals surface area contributed by atoms with Gasteiger partial charge in [0.25, 0.3) is 5.91 Å². The molecule has 1 amide bonds. The third kappa shape index (κ3) is 4.34. The number of hydrogen-bond acceptors (Lipinski definition) is 4. The second-order valence-corrected chi connectivity index (χ2v) is 5.42. The monoisotopic (exact) mass is 354 g/mol. The molecule has 0 bridgehead atoms. The van der Waals surface area contributed by atoms with Crippen LogP contribution in [-0.2, 0) is 4.79 Å². The fraction of sp³-hybridized carbons (Fsp3) is 0.133. The van der Waals surface area contributed by atoms with Crippen molar-refractivity contribution in [2.75, 3.05) is 5.32 Å². The van der Waals surface area contributed by atoms with Crippen LogP contribution < -0.4 is 10.1 Å². The second-order valence-electron chi connectivity index (χ2n) is 4.60. The molecule has 0 saturated carbocycles. The predicted octanol–water partition coefficient (Wildman–Crippen LogP) is 4.31. The standard InChI is InChI=1S/C15H12Cl2N2O4/c1-9(23-14-5-3-2-4-13(14)19(21)22)15(20)18-10-6-7-11(16)12(17)8-10/h2-9H,1H3,(H,18,20). The van der Waals surface area contributed by atoms with E-state index in [1.165, 1.54) is 31.2 Å². The van der Waals surface area contributed by atoms with Crippen LogP contribution in [0.15, 0.2) is 42.5 Å². The van der Waals surface area contributed by atoms with Crippen LogP contribution >= 0.6 is 23.2 Å². The fourth-order valence-corrected chi connectivity index (χ4v) is 2.07. The summed E-state index contributed by atoms with van der Waals surface area (Å²) in [5.41, 5.74) is 0.240. The van der Waals surface area contributed by atoms with Crippen molar-refractivity contribution in [2.24, 2.45) is 0 Å². The molecule has 6 nitrogen and oxygen atoms in total. The first-order valence-corrected chi connectivity index (χ1v) is 7.30. The zero-order valence-electron chi connectivity index (χ0n) is 12.0. The van der Waals surface area contributed by atoms with Gasteiger partial charge in [0.1, 0.15) is 0 Å². The van der Waals surface area contributed by atoms with Crippen LogP contribution in [0.4, 0.5) is 11.4 Å². The van der Waals surface area contributed by atoms with Gasteiger partial charge in [-0.2, -0.15) is 0 Å². The lowest BCUT2D eigenvalue weighted by molar-refractivity contribution is -0.386. The average molecular weight is 355 g/mol. The first-order valence-electron chi connectivity index (χ1n) is 6.54. The molecule has 0 radical (unpaired) electrons. The van der Waals surface area contributed by atoms with Crippen LogP contribution in [0, 0.1) is 10.1 Å². The lowest BCUT2D eigenvalue weighted by Gasteiger charge is -2.15. The van der Waals surface area contributed by atoms with E-state index in [1.54, 1.807) is 18.2 Å². The van der Waals surface area contributed by atoms with Crippen molar-refractivity contribution in [3.8, 4) is 5.75 Å². The number of anilines is 1. The van der Waals surface area contributed by atoms with E-state index in [1.807, 2.05) is 0 Å². The van der Waals surface area contributed by atoms with Gasteiger partial charge in [-0.3, -0.25) is 14.9 Å². The predicted molar refractivity (Wildman–Crippen MR) is 88.3 cm³/mol. The number of hydrogen-bond donors (Lipinski definition) is 1. The lowest BCUT2D eigenvalue weighted by atomic mass is 10.2. The van der Waals surface area contributed by atoms with Crippen LogP contribution in [0.1, 0.15) is 6.92 Å². The molecular weight excluding hydrogens is 343 g/mol. The highest BCUT2D eigenvalue weighted by atomic mass is 35.5. The molecule has 0 aromatic heterocycles. The number of amides is 1. The number of para-hydroxylation sites is 2. The van der Waals surface area contributed by atoms with Gasteiger partial charge in [-0.15, -0.1) is 0 Å². The third-order valence-electron chi connectivity index (χ3n) is 2.92. The Kier molecular flexibility index (Phi) is 5.41. The molecule has 0 aliphatic carbocycles. The highest BCUT2D eigenvalue weighted by molar-refractivity contribution is 6.42. The number of rotatable bonds is 5. The summed E-state index contributed by atoms with van der Waals surface area (Å²) in [6.45, 7) is 1.49. The van der Waals surface area contributed by atoms with Gasteiger partial charge in [0.2, 0.25) is 0 Å². The summed E-state index contributed by atoms with van der Waals surface area (Å²) in [5, 5.41) is 14.2. The topological polar surface area (TPSA) is 81.5 Å². The van der Waals surface area contributed by atoms with E-state index < -0.39 is 16.9 Å². The van der Waals surface area contributed by atoms with E-state index >= 15 is 0 Å². The molecule has 2 aromatic carbocycles. The summed E-state index contributed by atoms with van der Waals surface area (Å²) in [6, 6.07) is 10.5. The van der Waals surface area contributed by atoms with E-state index in [9.17, 15) is 14.9 Å². The molecule has 1 atom stereocenters. The van der Waals surface area contributed by atoms with Crippen molar-refractivity contribution in [1.29, 1.82) is 0 Å². The van der Waals surface area contributed by atoms with E-state index in [-0.39, 0.29) is 11.4 Å². The average Bonchev–Trinajstić information content (AvgIpc) is 2.51. The molecule has 1 unspecified atom stereocenters. The second kappa shape index (κ2) is 7.30. The Morgan fingerprint density at radius 1 is 1.22 bits per heavy atom. The first kappa shape index (κ1) is 17.1. The van der Waals surface area contributed by atoms with Crippen molar-refractivity contribution < 1.29 is 14.5 Å². The summed E-state index contributed by atoms with van der Waals surface area (Å²) in [6.07, 6.45) is -0.939. The maximum atomic E-state index is 12.1. The Hall–Kier alpha value is -2.31. The summed E-state index contributed by atoms with van der Waals surface area (Å²) >= 11 is 11.7. The number of nitro benzene ring substituents is 1. The molecular formula is C15H12Cl2N2O4. The lowest BCUT2D eigenvalue weighted by Crippen LogP contribution is -2.30. The van der Waals surface area contributed by atoms with Gasteiger partial charge in [0, 0.05) is 11.8 Å². The summed E-state index contributed by atoms with van der Waals surface area (Å²) in [5.74, 6) is -0.448. The summed E-state index contributed by atoms with van der Waals surface area (Å²) in [4.78, 5) is 22.5. The van der Waals surface area contributed by atoms with Crippen LogP contribution in [0.3, 0.4) is 0 Å². The van der Waals surface area contributed by atoms with E-state index in [2.05, 4.69) is 5.32 Å². The van der Waals surface area contributed by atoms with Gasteiger partial charge in [-0.1, -0.05) is 35.3 Å². The summed E-state index contributed by atoms with van der Waals surface area (Å²) in [7, 11) is 0. The Morgan fingerprint density at radius 3 is 2.57 bits per heavy atom. The molecule has 0 aliphatic rings. The van der Waals surface area contributed by atoms with Gasteiger partial charge in [-0.25, -0.2) is 0 Å². The number of benzene rings is 2. The van der Waals surface area contributed by atoms with E-state index in [0.29, 0.717) is 15.7 Å². The van der Waals surface area contributed by atoms with Crippen LogP contribution in [0.2, 0.25) is 10.0 Å². The molecule has 0 fully saturated rings. The third-order valence-corrected chi connectivity index (χ3v) is 3.66. The zero-order chi connectivity index (χ0) is 17.0. The Bertz CT molecular complexity index is 752. The number of ether oxygens (including phenoxy) is 1. The highest BCUT2D eigenvalue weighted by Crippen LogP contribution is 2.28. The molecule has 2 aromatic rings. The van der Waals surface area contributed by atoms with E-state index in [4.69, 9.17) is 27.9 Å². The maximum absolute atomic E-state index is 12.1. The van der Waals surface area contributed by atoms with Gasteiger partial charge in [0.15, 0.2) is 11.9 Å². The quantitative estimate of drug-likeness (QED) is 0.640. The Balaban J connectivity index is 2.08. The number of nitrogens with zero attached hydrogens (tertiary/aromatic N) is 1. The van der Waals surface area contributed by atoms with Crippen LogP contribution in [-0.4, -0.2) is 16.9 Å². The van der Waals surface area contributed by atoms with E-state index in [0.717, 1.165) is 0 Å². The molecule has 0 heterocycles. The van der Waals surface area contributed by atoms with Gasteiger partial charge >= 0.3 is 5.69 Å². The highest BCUT2D eigenvalue weighted by Gasteiger charge is 2.20. The molecule has 120 valence electrons. The number of carbonyl (C=O) groups excluding carboxylic acids is 1. The maximum Gasteiger partial charge on any atom is 0.310 e. The molecule has 23 heavy (non-hydrogen) atoms. The smallest absolute Gasteiger partial charge is 0.310 e. The number of carbonyl (C=O) groups is 1. The number of nitro groups is 1. The normalized spacial score (nSPS) is 11.6. The molecule has 0 spiro atoms. The van der Waals surface area contributed by atoms with Crippen molar-refractivity contribution in [2.45, 2.75) is 13.0 Å². The van der Waals surface area contributed by atoms with Crippen molar-refractivity contribution in [3.05, 3.63) is 62.6 Å². The van der Waals surface area contributed by atoms with Crippen LogP contribution in [0.25, 0.3) is 0 Å². The first-order chi connectivity index (χ1) is 10.9. The Morgan fingerprint density at radius 2 is 1.91 bits per heavy atom. The SMILES string of the molecule is CC(Oc1ccccc1[N+](=O)[O-])C(=O)Nc1ccc(Cl)c(Cl)c1. The number of halogens is 2. The largest absolute Gasteiger partial charge is 0.474 e. The van der Waals surface area contributed by atoms with Gasteiger partial charge in [-0.05, 0) is 31.2 Å². The molecule has 0 saturated heterocycles. The Labute approximate surface area is 142 Å². The zero-order valence-corrected chi connectivity index (χ0v) is 13.5.